The van der Waals surface area contributed by atoms with Crippen LogP contribution in [-0.4, -0.2) is 105 Å². The summed E-state index contributed by atoms with van der Waals surface area (Å²) >= 11 is 1.81. The van der Waals surface area contributed by atoms with Gasteiger partial charge in [-0.2, -0.15) is 0 Å². The normalized spacial score (nSPS) is 20.5. The van der Waals surface area contributed by atoms with Crippen molar-refractivity contribution in [3.8, 4) is 32.1 Å². The van der Waals surface area contributed by atoms with Crippen LogP contribution in [-0.2, 0) is 33.5 Å². The summed E-state index contributed by atoms with van der Waals surface area (Å²) in [5, 5.41) is 17.5. The van der Waals surface area contributed by atoms with Gasteiger partial charge < -0.3 is 40.1 Å². The number of benzene rings is 2. The van der Waals surface area contributed by atoms with Gasteiger partial charge in [0.2, 0.25) is 5.91 Å². The fourth-order valence-electron chi connectivity index (χ4n) is 11.3. The average molecular weight is 933 g/mol. The van der Waals surface area contributed by atoms with E-state index in [0.717, 1.165) is 61.2 Å². The molecule has 2 aliphatic carbocycles. The van der Waals surface area contributed by atoms with E-state index in [1.54, 1.807) is 0 Å². The number of nitrogens with one attached hydrogen (secondary N) is 4. The first-order chi connectivity index (χ1) is 32.3. The van der Waals surface area contributed by atoms with Crippen LogP contribution < -0.4 is 16.2 Å². The van der Waals surface area contributed by atoms with Gasteiger partial charge >= 0.3 is 12.2 Å². The minimum atomic E-state index is -0.901. The number of fused-ring (bicyclic) bond motifs is 2. The molecule has 2 saturated heterocycles. The second-order valence-corrected chi connectivity index (χ2v) is 20.9. The Morgan fingerprint density at radius 3 is 2.19 bits per heavy atom. The van der Waals surface area contributed by atoms with Gasteiger partial charge in [0.1, 0.15) is 23.9 Å². The quantitative estimate of drug-likeness (QED) is 0.0770. The Labute approximate surface area is 395 Å². The second kappa shape index (κ2) is 19.2. The van der Waals surface area contributed by atoms with Crippen molar-refractivity contribution in [2.75, 3.05) is 27.3 Å². The van der Waals surface area contributed by atoms with E-state index in [-0.39, 0.29) is 40.8 Å². The number of nitrogens with zero attached hydrogens (tertiary/aromatic N) is 4. The maximum Gasteiger partial charge on any atom is 0.407 e. The molecule has 3 amide bonds. The molecule has 9 rings (SSSR count). The van der Waals surface area contributed by atoms with Gasteiger partial charge in [-0.3, -0.25) is 14.5 Å². The number of thiophene rings is 1. The average Bonchev–Trinajstić information content (AvgIpc) is 4.19. The molecule has 67 heavy (non-hydrogen) atoms. The number of ether oxygens (including phenoxy) is 2. The van der Waals surface area contributed by atoms with Crippen molar-refractivity contribution >= 4 is 40.3 Å². The first-order valence-electron chi connectivity index (χ1n) is 24.0. The highest BCUT2D eigenvalue weighted by Crippen LogP contribution is 2.56. The van der Waals surface area contributed by atoms with Crippen LogP contribution in [0, 0.1) is 17.3 Å². The summed E-state index contributed by atoms with van der Waals surface area (Å²) in [5.74, 6) is 1.03. The molecule has 1 spiro atoms. The van der Waals surface area contributed by atoms with Gasteiger partial charge in [-0.25, -0.2) is 19.6 Å². The first-order valence-corrected chi connectivity index (χ1v) is 24.8. The summed E-state index contributed by atoms with van der Waals surface area (Å²) in [4.78, 5) is 74.4. The topological polar surface area (TPSA) is 195 Å². The number of carbonyl (C=O) groups excluding carboxylic acids is 3. The summed E-state index contributed by atoms with van der Waals surface area (Å²) in [6.07, 6.45) is 10.6. The molecule has 5 atom stereocenters. The van der Waals surface area contributed by atoms with Crippen molar-refractivity contribution < 1.29 is 29.0 Å². The molecule has 1 saturated carbocycles. The zero-order valence-corrected chi connectivity index (χ0v) is 40.3. The van der Waals surface area contributed by atoms with E-state index in [2.05, 4.69) is 50.9 Å². The van der Waals surface area contributed by atoms with Gasteiger partial charge in [0.15, 0.2) is 0 Å². The molecule has 16 heteroatoms. The van der Waals surface area contributed by atoms with Gasteiger partial charge in [-0.1, -0.05) is 70.9 Å². The Hall–Kier alpha value is -5.58. The van der Waals surface area contributed by atoms with E-state index in [4.69, 9.17) is 19.4 Å². The van der Waals surface area contributed by atoms with Crippen LogP contribution in [0.15, 0.2) is 53.5 Å². The number of alkyl carbamates (subject to hydrolysis) is 2. The fraction of sp³-hybridized carbons (Fsp3) is 0.529. The Morgan fingerprint density at radius 1 is 0.851 bits per heavy atom. The lowest BCUT2D eigenvalue weighted by molar-refractivity contribution is -0.135. The molecule has 5 aromatic rings. The van der Waals surface area contributed by atoms with Gasteiger partial charge in [0.05, 0.1) is 49.1 Å². The number of aliphatic hydroxyl groups is 1. The number of amides is 3. The van der Waals surface area contributed by atoms with Crippen molar-refractivity contribution in [3.05, 3.63) is 81.8 Å². The van der Waals surface area contributed by atoms with Crippen LogP contribution in [0.3, 0.4) is 0 Å². The van der Waals surface area contributed by atoms with Crippen molar-refractivity contribution in [1.29, 1.82) is 0 Å². The number of H-pyrrole nitrogens is 2. The monoisotopic (exact) mass is 932 g/mol. The summed E-state index contributed by atoms with van der Waals surface area (Å²) in [6, 6.07) is 13.3. The standard InChI is InChI=1S/C51H64N8O7S/c1-28(2)41(56-49(63)65-5)47(61)58-21-9-11-33(58)24-40-53-37-18-17-32(23-34(37)46(60)55-40)44-36-26-51(19-7-8-20-51)25-35(36)43(67-44)31-15-13-30(14-16-31)38-27-52-45(54-38)39-12-10-22-59(39)48(62)42(29(3)4)57-50(64)66-6/h13-18,23,27-29,33,39,41-42,48,62H,7-12,19-22,24-26H2,1-6H3,(H,52,54)(H,56,63)(H,57,64)(H,53,55,60)/t33?,39-,41-,42-,48?/m0/s1. The second-order valence-electron chi connectivity index (χ2n) is 19.9. The van der Waals surface area contributed by atoms with E-state index in [9.17, 15) is 24.3 Å². The Balaban J connectivity index is 0.955. The van der Waals surface area contributed by atoms with Crippen LogP contribution in [0.2, 0.25) is 0 Å². The Morgan fingerprint density at radius 2 is 1.51 bits per heavy atom. The molecule has 3 fully saturated rings. The molecule has 5 heterocycles. The van der Waals surface area contributed by atoms with Crippen molar-refractivity contribution in [3.63, 3.8) is 0 Å². The van der Waals surface area contributed by atoms with E-state index in [1.807, 2.05) is 67.2 Å². The van der Waals surface area contributed by atoms with Crippen LogP contribution in [0.25, 0.3) is 43.0 Å². The molecule has 3 aromatic heterocycles. The van der Waals surface area contributed by atoms with E-state index in [0.29, 0.717) is 36.2 Å². The lowest BCUT2D eigenvalue weighted by Gasteiger charge is -2.35. The number of hydrogen-bond acceptors (Lipinski definition) is 11. The number of likely N-dealkylation sites (tertiary alicyclic amines) is 2. The number of aromatic nitrogens is 4. The van der Waals surface area contributed by atoms with Gasteiger partial charge in [0, 0.05) is 35.3 Å². The third kappa shape index (κ3) is 9.24. The van der Waals surface area contributed by atoms with Crippen LogP contribution in [0.1, 0.15) is 108 Å². The number of imidazole rings is 1. The molecule has 0 radical (unpaired) electrons. The highest BCUT2D eigenvalue weighted by atomic mass is 32.1. The third-order valence-corrected chi connectivity index (χ3v) is 16.3. The largest absolute Gasteiger partial charge is 0.453 e. The number of rotatable bonds is 13. The number of aromatic amines is 2. The zero-order chi connectivity index (χ0) is 47.1. The minimum Gasteiger partial charge on any atom is -0.453 e. The van der Waals surface area contributed by atoms with Crippen molar-refractivity contribution in [2.45, 2.75) is 129 Å². The molecular formula is C51H64N8O7S. The molecule has 356 valence electrons. The lowest BCUT2D eigenvalue weighted by Crippen LogP contribution is -2.54. The first kappa shape index (κ1) is 46.5. The molecule has 0 bridgehead atoms. The molecule has 2 aliphatic heterocycles. The zero-order valence-electron chi connectivity index (χ0n) is 39.4. The summed E-state index contributed by atoms with van der Waals surface area (Å²) in [7, 11) is 2.61. The highest BCUT2D eigenvalue weighted by molar-refractivity contribution is 7.19. The summed E-state index contributed by atoms with van der Waals surface area (Å²) in [5.41, 5.74) is 7.65. The number of methoxy groups -OCH3 is 2. The van der Waals surface area contributed by atoms with Crippen molar-refractivity contribution in [2.24, 2.45) is 17.3 Å². The lowest BCUT2D eigenvalue weighted by atomic mass is 9.83. The van der Waals surface area contributed by atoms with Gasteiger partial charge in [-0.05, 0) is 109 Å². The number of hydrogen-bond donors (Lipinski definition) is 5. The van der Waals surface area contributed by atoms with Crippen LogP contribution in [0.4, 0.5) is 9.59 Å². The smallest absolute Gasteiger partial charge is 0.407 e. The molecule has 15 nitrogen and oxygen atoms in total. The molecular weight excluding hydrogens is 869 g/mol. The molecule has 4 aliphatic rings. The molecule has 5 N–H and O–H groups in total. The fourth-order valence-corrected chi connectivity index (χ4v) is 12.7. The van der Waals surface area contributed by atoms with E-state index < -0.39 is 30.5 Å². The number of carbonyl (C=O) groups is 3. The maximum absolute atomic E-state index is 13.9. The Kier molecular flexibility index (Phi) is 13.3. The summed E-state index contributed by atoms with van der Waals surface area (Å²) < 4.78 is 9.63. The minimum absolute atomic E-state index is 0.0154. The van der Waals surface area contributed by atoms with Crippen LogP contribution in [0.5, 0.6) is 0 Å². The summed E-state index contributed by atoms with van der Waals surface area (Å²) in [6.45, 7) is 9.00. The molecule has 2 unspecified atom stereocenters. The highest BCUT2D eigenvalue weighted by Gasteiger charge is 2.43. The maximum atomic E-state index is 13.9. The third-order valence-electron chi connectivity index (χ3n) is 14.9. The Bertz CT molecular complexity index is 2680. The predicted octanol–water partition coefficient (Wildman–Crippen LogP) is 8.12. The van der Waals surface area contributed by atoms with Gasteiger partial charge in [0.25, 0.3) is 5.56 Å². The van der Waals surface area contributed by atoms with E-state index >= 15 is 0 Å². The SMILES string of the molecule is COC(=O)N[C@@H](C(C)C)C(O)N1CCC[C@H]1c1ncc(-c2ccc(-c3sc(-c4ccc5nc(CC6CCCN6C(=O)[C@@H](NC(=O)OC)C(C)C)[nH]c(=O)c5c4)c4c3CC3(CCCC3)C4)cc2)[nH]1. The van der Waals surface area contributed by atoms with Crippen molar-refractivity contribution in [1.82, 2.24) is 40.4 Å². The molecule has 2 aromatic carbocycles. The van der Waals surface area contributed by atoms with Gasteiger partial charge in [-0.15, -0.1) is 11.3 Å². The van der Waals surface area contributed by atoms with Crippen LogP contribution >= 0.6 is 11.3 Å². The number of aliphatic hydroxyl groups excluding tert-OH is 1. The predicted molar refractivity (Wildman–Crippen MR) is 258 cm³/mol. The van der Waals surface area contributed by atoms with E-state index in [1.165, 1.54) is 66.3 Å².